The molecule has 0 saturated carbocycles. The number of ether oxygens (including phenoxy) is 1. The van der Waals surface area contributed by atoms with E-state index < -0.39 is 11.9 Å². The number of hydrogen-bond donors (Lipinski definition) is 1. The normalized spacial score (nSPS) is 17.5. The maximum absolute atomic E-state index is 12.9. The monoisotopic (exact) mass is 339 g/mol. The molecule has 25 heavy (non-hydrogen) atoms. The van der Waals surface area contributed by atoms with Crippen molar-refractivity contribution in [1.82, 2.24) is 4.90 Å². The molecule has 5 nitrogen and oxygen atoms in total. The summed E-state index contributed by atoms with van der Waals surface area (Å²) < 4.78 is 5.14. The Kier molecular flexibility index (Phi) is 4.74. The Balaban J connectivity index is 1.83. The molecule has 0 fully saturated rings. The molecule has 1 amide bonds. The van der Waals surface area contributed by atoms with E-state index in [4.69, 9.17) is 4.74 Å². The van der Waals surface area contributed by atoms with E-state index >= 15 is 0 Å². The molecular formula is C20H21NO4. The van der Waals surface area contributed by atoms with Gasteiger partial charge in [-0.25, -0.2) is 0 Å². The highest BCUT2D eigenvalue weighted by atomic mass is 16.5. The van der Waals surface area contributed by atoms with E-state index in [9.17, 15) is 14.7 Å². The lowest BCUT2D eigenvalue weighted by Gasteiger charge is -2.34. The predicted molar refractivity (Wildman–Crippen MR) is 93.6 cm³/mol. The summed E-state index contributed by atoms with van der Waals surface area (Å²) in [6.07, 6.45) is 0. The Morgan fingerprint density at radius 2 is 1.84 bits per heavy atom. The lowest BCUT2D eigenvalue weighted by molar-refractivity contribution is -0.141. The third-order valence-corrected chi connectivity index (χ3v) is 4.79. The fourth-order valence-electron chi connectivity index (χ4n) is 3.30. The second kappa shape index (κ2) is 6.97. The van der Waals surface area contributed by atoms with E-state index in [1.807, 2.05) is 55.5 Å². The molecule has 0 saturated heterocycles. The van der Waals surface area contributed by atoms with Crippen LogP contribution < -0.4 is 4.74 Å². The SMILES string of the molecule is COc1ccc(C(C)C(=O)N2Cc3ccccc3C(C(=O)O)C2)cc1. The Morgan fingerprint density at radius 3 is 2.48 bits per heavy atom. The van der Waals surface area contributed by atoms with Gasteiger partial charge in [-0.1, -0.05) is 36.4 Å². The van der Waals surface area contributed by atoms with Gasteiger partial charge >= 0.3 is 5.97 Å². The van der Waals surface area contributed by atoms with Crippen LogP contribution in [-0.2, 0) is 16.1 Å². The summed E-state index contributed by atoms with van der Waals surface area (Å²) in [6, 6.07) is 14.8. The van der Waals surface area contributed by atoms with Crippen LogP contribution in [0.1, 0.15) is 35.4 Å². The highest BCUT2D eigenvalue weighted by Crippen LogP contribution is 2.31. The molecular weight excluding hydrogens is 318 g/mol. The van der Waals surface area contributed by atoms with Crippen molar-refractivity contribution in [2.24, 2.45) is 0 Å². The second-order valence-electron chi connectivity index (χ2n) is 6.30. The Morgan fingerprint density at radius 1 is 1.16 bits per heavy atom. The molecule has 5 heteroatoms. The molecule has 2 aromatic carbocycles. The van der Waals surface area contributed by atoms with Crippen molar-refractivity contribution in [3.05, 3.63) is 65.2 Å². The van der Waals surface area contributed by atoms with Crippen molar-refractivity contribution in [3.63, 3.8) is 0 Å². The largest absolute Gasteiger partial charge is 0.497 e. The minimum atomic E-state index is -0.901. The van der Waals surface area contributed by atoms with Crippen LogP contribution in [0, 0.1) is 0 Å². The number of carbonyl (C=O) groups is 2. The van der Waals surface area contributed by atoms with Crippen molar-refractivity contribution >= 4 is 11.9 Å². The van der Waals surface area contributed by atoms with Crippen molar-refractivity contribution in [2.45, 2.75) is 25.3 Å². The molecule has 1 aliphatic heterocycles. The van der Waals surface area contributed by atoms with Crippen molar-refractivity contribution < 1.29 is 19.4 Å². The zero-order valence-corrected chi connectivity index (χ0v) is 14.3. The first-order valence-electron chi connectivity index (χ1n) is 8.24. The molecule has 0 radical (unpaired) electrons. The number of carbonyl (C=O) groups excluding carboxylic acids is 1. The highest BCUT2D eigenvalue weighted by Gasteiger charge is 2.34. The highest BCUT2D eigenvalue weighted by molar-refractivity contribution is 5.85. The third-order valence-electron chi connectivity index (χ3n) is 4.79. The number of fused-ring (bicyclic) bond motifs is 1. The summed E-state index contributed by atoms with van der Waals surface area (Å²) in [5.41, 5.74) is 2.59. The number of carboxylic acids is 1. The quantitative estimate of drug-likeness (QED) is 0.930. The van der Waals surface area contributed by atoms with E-state index in [0.717, 1.165) is 22.4 Å². The fourth-order valence-corrected chi connectivity index (χ4v) is 3.30. The average Bonchev–Trinajstić information content (AvgIpc) is 2.65. The van der Waals surface area contributed by atoms with Crippen molar-refractivity contribution in [2.75, 3.05) is 13.7 Å². The number of amides is 1. The van der Waals surface area contributed by atoms with Gasteiger partial charge in [-0.15, -0.1) is 0 Å². The van der Waals surface area contributed by atoms with Gasteiger partial charge in [0.05, 0.1) is 18.9 Å². The molecule has 0 aliphatic carbocycles. The fraction of sp³-hybridized carbons (Fsp3) is 0.300. The minimum Gasteiger partial charge on any atom is -0.497 e. The molecule has 130 valence electrons. The van der Waals surface area contributed by atoms with Crippen LogP contribution in [0.15, 0.2) is 48.5 Å². The van der Waals surface area contributed by atoms with Gasteiger partial charge in [0.25, 0.3) is 0 Å². The van der Waals surface area contributed by atoms with Gasteiger partial charge in [0.1, 0.15) is 5.75 Å². The minimum absolute atomic E-state index is 0.0640. The molecule has 1 N–H and O–H groups in total. The van der Waals surface area contributed by atoms with Gasteiger partial charge in [0.15, 0.2) is 0 Å². The smallest absolute Gasteiger partial charge is 0.312 e. The molecule has 0 spiro atoms. The number of nitrogens with zero attached hydrogens (tertiary/aromatic N) is 1. The van der Waals surface area contributed by atoms with Gasteiger partial charge in [0.2, 0.25) is 5.91 Å². The zero-order chi connectivity index (χ0) is 18.0. The summed E-state index contributed by atoms with van der Waals surface area (Å²) in [4.78, 5) is 26.2. The van der Waals surface area contributed by atoms with Crippen LogP contribution in [0.2, 0.25) is 0 Å². The van der Waals surface area contributed by atoms with Crippen molar-refractivity contribution in [1.29, 1.82) is 0 Å². The van der Waals surface area contributed by atoms with Crippen LogP contribution in [0.3, 0.4) is 0 Å². The predicted octanol–water partition coefficient (Wildman–Crippen LogP) is 3.01. The van der Waals surface area contributed by atoms with Crippen LogP contribution in [0.4, 0.5) is 0 Å². The van der Waals surface area contributed by atoms with Gasteiger partial charge < -0.3 is 14.7 Å². The average molecular weight is 339 g/mol. The second-order valence-corrected chi connectivity index (χ2v) is 6.30. The maximum Gasteiger partial charge on any atom is 0.312 e. The van der Waals surface area contributed by atoms with E-state index in [2.05, 4.69) is 0 Å². The number of aliphatic carboxylic acids is 1. The standard InChI is InChI=1S/C20H21NO4/c1-13(14-7-9-16(25-2)10-8-14)19(22)21-11-15-5-3-4-6-17(15)18(12-21)20(23)24/h3-10,13,18H,11-12H2,1-2H3,(H,23,24). The van der Waals surface area contributed by atoms with E-state index in [-0.39, 0.29) is 18.4 Å². The number of rotatable bonds is 4. The van der Waals surface area contributed by atoms with Crippen LogP contribution in [0.25, 0.3) is 0 Å². The third kappa shape index (κ3) is 3.36. The Bertz CT molecular complexity index is 785. The molecule has 3 rings (SSSR count). The molecule has 2 atom stereocenters. The molecule has 2 aromatic rings. The summed E-state index contributed by atoms with van der Waals surface area (Å²) in [6.45, 7) is 2.49. The van der Waals surface area contributed by atoms with Gasteiger partial charge in [0, 0.05) is 13.1 Å². The van der Waals surface area contributed by atoms with Gasteiger partial charge in [-0.3, -0.25) is 9.59 Å². The van der Waals surface area contributed by atoms with Crippen molar-refractivity contribution in [3.8, 4) is 5.75 Å². The molecule has 1 aliphatic rings. The number of hydrogen-bond acceptors (Lipinski definition) is 3. The number of carboxylic acid groups (broad SMARTS) is 1. The first kappa shape index (κ1) is 17.0. The number of methoxy groups -OCH3 is 1. The summed E-state index contributed by atoms with van der Waals surface area (Å²) in [5.74, 6) is -1.25. The summed E-state index contributed by atoms with van der Waals surface area (Å²) >= 11 is 0. The molecule has 0 bridgehead atoms. The topological polar surface area (TPSA) is 66.8 Å². The summed E-state index contributed by atoms with van der Waals surface area (Å²) in [7, 11) is 1.60. The first-order valence-corrected chi connectivity index (χ1v) is 8.24. The van der Waals surface area contributed by atoms with Gasteiger partial charge in [-0.05, 0) is 35.7 Å². The van der Waals surface area contributed by atoms with E-state index in [0.29, 0.717) is 6.54 Å². The van der Waals surface area contributed by atoms with Crippen LogP contribution >= 0.6 is 0 Å². The Hall–Kier alpha value is -2.82. The molecule has 1 heterocycles. The lowest BCUT2D eigenvalue weighted by Crippen LogP contribution is -2.42. The molecule has 0 aromatic heterocycles. The zero-order valence-electron chi connectivity index (χ0n) is 14.3. The molecule has 2 unspecified atom stereocenters. The van der Waals surface area contributed by atoms with Crippen LogP contribution in [0.5, 0.6) is 5.75 Å². The van der Waals surface area contributed by atoms with E-state index in [1.54, 1.807) is 12.0 Å². The van der Waals surface area contributed by atoms with Gasteiger partial charge in [-0.2, -0.15) is 0 Å². The van der Waals surface area contributed by atoms with E-state index in [1.165, 1.54) is 0 Å². The first-order chi connectivity index (χ1) is 12.0. The maximum atomic E-state index is 12.9. The lowest BCUT2D eigenvalue weighted by atomic mass is 9.88. The number of benzene rings is 2. The van der Waals surface area contributed by atoms with Crippen LogP contribution in [-0.4, -0.2) is 35.5 Å². The summed E-state index contributed by atoms with van der Waals surface area (Å²) in [5, 5.41) is 9.55. The Labute approximate surface area is 146 Å².